The summed E-state index contributed by atoms with van der Waals surface area (Å²) in [6.45, 7) is 5.15. The number of hydrogen-bond donors (Lipinski definition) is 1. The molecule has 4 nitrogen and oxygen atoms in total. The quantitative estimate of drug-likeness (QED) is 0.843. The van der Waals surface area contributed by atoms with Gasteiger partial charge in [0.15, 0.2) is 0 Å². The molecule has 0 spiro atoms. The van der Waals surface area contributed by atoms with E-state index in [1.807, 2.05) is 13.1 Å². The van der Waals surface area contributed by atoms with Gasteiger partial charge in [0.2, 0.25) is 5.89 Å². The molecule has 3 rings (SSSR count). The van der Waals surface area contributed by atoms with Crippen LogP contribution < -0.4 is 5.32 Å². The van der Waals surface area contributed by atoms with Gasteiger partial charge in [-0.15, -0.1) is 0 Å². The maximum absolute atomic E-state index is 5.58. The van der Waals surface area contributed by atoms with Crippen LogP contribution in [0.4, 0.5) is 0 Å². The minimum atomic E-state index is 0.673. The molecule has 1 N–H and O–H groups in total. The standard InChI is InChI=1S/C13H21N3O/c1-10-7-15-13(17-10)9-16(12-4-5-12)8-11-3-2-6-14-11/h7,11-12,14H,2-6,8-9H2,1H3/t11-/m1/s1. The highest BCUT2D eigenvalue weighted by Gasteiger charge is 2.32. The molecule has 2 fully saturated rings. The van der Waals surface area contributed by atoms with Gasteiger partial charge in [0, 0.05) is 18.6 Å². The van der Waals surface area contributed by atoms with Crippen LogP contribution in [-0.4, -0.2) is 35.1 Å². The normalized spacial score (nSPS) is 24.7. The molecule has 1 saturated heterocycles. The average Bonchev–Trinajstić information content (AvgIpc) is 2.89. The zero-order valence-corrected chi connectivity index (χ0v) is 10.5. The van der Waals surface area contributed by atoms with Crippen molar-refractivity contribution in [1.29, 1.82) is 0 Å². The van der Waals surface area contributed by atoms with Crippen LogP contribution >= 0.6 is 0 Å². The Morgan fingerprint density at radius 2 is 2.35 bits per heavy atom. The monoisotopic (exact) mass is 235 g/mol. The SMILES string of the molecule is Cc1cnc(CN(C[C@H]2CCCN2)C2CC2)o1. The molecule has 0 bridgehead atoms. The Labute approximate surface area is 102 Å². The molecule has 4 heteroatoms. The molecule has 0 aromatic carbocycles. The van der Waals surface area contributed by atoms with Gasteiger partial charge in [-0.1, -0.05) is 0 Å². The topological polar surface area (TPSA) is 41.3 Å². The maximum atomic E-state index is 5.58. The van der Waals surface area contributed by atoms with E-state index >= 15 is 0 Å². The molecule has 0 amide bonds. The number of nitrogens with one attached hydrogen (secondary N) is 1. The van der Waals surface area contributed by atoms with E-state index in [0.717, 1.165) is 30.8 Å². The molecular weight excluding hydrogens is 214 g/mol. The summed E-state index contributed by atoms with van der Waals surface area (Å²) in [5.74, 6) is 1.78. The highest BCUT2D eigenvalue weighted by atomic mass is 16.4. The summed E-state index contributed by atoms with van der Waals surface area (Å²) in [6, 6.07) is 1.44. The molecule has 0 unspecified atom stereocenters. The van der Waals surface area contributed by atoms with Crippen LogP contribution in [-0.2, 0) is 6.54 Å². The van der Waals surface area contributed by atoms with Gasteiger partial charge >= 0.3 is 0 Å². The first-order valence-corrected chi connectivity index (χ1v) is 6.70. The zero-order chi connectivity index (χ0) is 11.7. The van der Waals surface area contributed by atoms with E-state index in [0.29, 0.717) is 6.04 Å². The predicted molar refractivity (Wildman–Crippen MR) is 65.7 cm³/mol. The predicted octanol–water partition coefficient (Wildman–Crippen LogP) is 1.70. The molecule has 17 heavy (non-hydrogen) atoms. The lowest BCUT2D eigenvalue weighted by molar-refractivity contribution is 0.208. The number of aromatic nitrogens is 1. The molecule has 1 saturated carbocycles. The molecule has 1 aliphatic carbocycles. The fourth-order valence-corrected chi connectivity index (χ4v) is 2.63. The highest BCUT2D eigenvalue weighted by molar-refractivity contribution is 4.94. The van der Waals surface area contributed by atoms with Gasteiger partial charge in [-0.2, -0.15) is 0 Å². The summed E-state index contributed by atoms with van der Waals surface area (Å²) in [4.78, 5) is 6.85. The molecule has 1 aromatic rings. The van der Waals surface area contributed by atoms with Gasteiger partial charge in [0.05, 0.1) is 12.7 Å². The van der Waals surface area contributed by atoms with Crippen LogP contribution in [0.15, 0.2) is 10.6 Å². The largest absolute Gasteiger partial charge is 0.445 e. The molecule has 94 valence electrons. The summed E-state index contributed by atoms with van der Waals surface area (Å²) in [6.07, 6.45) is 7.13. The van der Waals surface area contributed by atoms with Gasteiger partial charge in [-0.25, -0.2) is 4.98 Å². The first-order chi connectivity index (χ1) is 8.31. The van der Waals surface area contributed by atoms with Crippen LogP contribution in [0, 0.1) is 6.92 Å². The maximum Gasteiger partial charge on any atom is 0.208 e. The third kappa shape index (κ3) is 2.87. The average molecular weight is 235 g/mol. The number of aryl methyl sites for hydroxylation is 1. The Hall–Kier alpha value is -0.870. The summed E-state index contributed by atoms with van der Waals surface area (Å²) < 4.78 is 5.58. The third-order valence-corrected chi connectivity index (χ3v) is 3.69. The van der Waals surface area contributed by atoms with Crippen molar-refractivity contribution in [3.63, 3.8) is 0 Å². The Morgan fingerprint density at radius 3 is 2.94 bits per heavy atom. The summed E-state index contributed by atoms with van der Waals surface area (Å²) in [5, 5.41) is 3.57. The molecule has 1 atom stereocenters. The van der Waals surface area contributed by atoms with Gasteiger partial charge in [0.1, 0.15) is 5.76 Å². The van der Waals surface area contributed by atoms with E-state index in [1.54, 1.807) is 0 Å². The second-order valence-electron chi connectivity index (χ2n) is 5.32. The van der Waals surface area contributed by atoms with Crippen LogP contribution in [0.3, 0.4) is 0 Å². The van der Waals surface area contributed by atoms with Crippen molar-refractivity contribution in [2.24, 2.45) is 0 Å². The van der Waals surface area contributed by atoms with Gasteiger partial charge in [-0.3, -0.25) is 4.90 Å². The van der Waals surface area contributed by atoms with Crippen molar-refractivity contribution in [2.45, 2.75) is 51.2 Å². The van der Waals surface area contributed by atoms with Crippen molar-refractivity contribution in [2.75, 3.05) is 13.1 Å². The lowest BCUT2D eigenvalue weighted by Crippen LogP contribution is -2.38. The smallest absolute Gasteiger partial charge is 0.208 e. The first-order valence-electron chi connectivity index (χ1n) is 6.70. The number of nitrogens with zero attached hydrogens (tertiary/aromatic N) is 2. The molecule has 1 aliphatic heterocycles. The van der Waals surface area contributed by atoms with Crippen LogP contribution in [0.2, 0.25) is 0 Å². The summed E-state index contributed by atoms with van der Waals surface area (Å²) >= 11 is 0. The lowest BCUT2D eigenvalue weighted by atomic mass is 10.2. The highest BCUT2D eigenvalue weighted by Crippen LogP contribution is 2.29. The fraction of sp³-hybridized carbons (Fsp3) is 0.769. The number of hydrogen-bond acceptors (Lipinski definition) is 4. The molecule has 0 radical (unpaired) electrons. The van der Waals surface area contributed by atoms with Crippen LogP contribution in [0.1, 0.15) is 37.3 Å². The van der Waals surface area contributed by atoms with Crippen LogP contribution in [0.25, 0.3) is 0 Å². The lowest BCUT2D eigenvalue weighted by Gasteiger charge is -2.24. The van der Waals surface area contributed by atoms with E-state index in [4.69, 9.17) is 4.42 Å². The van der Waals surface area contributed by atoms with Crippen molar-refractivity contribution in [3.8, 4) is 0 Å². The Balaban J connectivity index is 1.59. The Bertz CT molecular complexity index is 366. The fourth-order valence-electron chi connectivity index (χ4n) is 2.63. The summed E-state index contributed by atoms with van der Waals surface area (Å²) in [7, 11) is 0. The summed E-state index contributed by atoms with van der Waals surface area (Å²) in [5.41, 5.74) is 0. The van der Waals surface area contributed by atoms with Crippen LogP contribution in [0.5, 0.6) is 0 Å². The van der Waals surface area contributed by atoms with Crippen molar-refractivity contribution in [3.05, 3.63) is 17.8 Å². The molecule has 1 aromatic heterocycles. The Kier molecular flexibility index (Phi) is 3.16. The van der Waals surface area contributed by atoms with E-state index in [2.05, 4.69) is 15.2 Å². The van der Waals surface area contributed by atoms with E-state index in [-0.39, 0.29) is 0 Å². The molecule has 2 heterocycles. The van der Waals surface area contributed by atoms with E-state index in [9.17, 15) is 0 Å². The van der Waals surface area contributed by atoms with Gasteiger partial charge < -0.3 is 9.73 Å². The molecular formula is C13H21N3O. The van der Waals surface area contributed by atoms with E-state index < -0.39 is 0 Å². The van der Waals surface area contributed by atoms with E-state index in [1.165, 1.54) is 32.2 Å². The van der Waals surface area contributed by atoms with Crippen molar-refractivity contribution in [1.82, 2.24) is 15.2 Å². The number of oxazole rings is 1. The second kappa shape index (κ2) is 4.78. The number of rotatable bonds is 5. The van der Waals surface area contributed by atoms with Crippen molar-refractivity contribution >= 4 is 0 Å². The third-order valence-electron chi connectivity index (χ3n) is 3.69. The first kappa shape index (κ1) is 11.2. The van der Waals surface area contributed by atoms with Crippen molar-refractivity contribution < 1.29 is 4.42 Å². The molecule has 2 aliphatic rings. The Morgan fingerprint density at radius 1 is 1.47 bits per heavy atom. The van der Waals surface area contributed by atoms with Gasteiger partial charge in [-0.05, 0) is 39.2 Å². The minimum absolute atomic E-state index is 0.673. The second-order valence-corrected chi connectivity index (χ2v) is 5.32. The minimum Gasteiger partial charge on any atom is -0.445 e. The zero-order valence-electron chi connectivity index (χ0n) is 10.5. The van der Waals surface area contributed by atoms with Gasteiger partial charge in [0.25, 0.3) is 0 Å².